The summed E-state index contributed by atoms with van der Waals surface area (Å²) in [6.45, 7) is 3.34. The molecular formula is C13H18N2O2. The van der Waals surface area contributed by atoms with E-state index >= 15 is 0 Å². The molecule has 1 atom stereocenters. The van der Waals surface area contributed by atoms with Gasteiger partial charge in [0.1, 0.15) is 0 Å². The normalized spacial score (nSPS) is 24.0. The second kappa shape index (κ2) is 4.37. The minimum atomic E-state index is -0.456. The van der Waals surface area contributed by atoms with Gasteiger partial charge in [-0.1, -0.05) is 18.2 Å². The van der Waals surface area contributed by atoms with Gasteiger partial charge in [-0.2, -0.15) is 0 Å². The summed E-state index contributed by atoms with van der Waals surface area (Å²) in [5, 5.41) is 9.30. The number of primary amides is 1. The first-order chi connectivity index (χ1) is 8.07. The van der Waals surface area contributed by atoms with Crippen LogP contribution < -0.4 is 10.6 Å². The summed E-state index contributed by atoms with van der Waals surface area (Å²) in [4.78, 5) is 13.5. The minimum absolute atomic E-state index is 0.0138. The molecule has 3 N–H and O–H groups in total. The molecule has 1 saturated heterocycles. The zero-order chi connectivity index (χ0) is 12.5. The zero-order valence-electron chi connectivity index (χ0n) is 10.0. The van der Waals surface area contributed by atoms with Crippen molar-refractivity contribution in [2.45, 2.75) is 20.0 Å². The standard InChI is InChI=1S/C13H18N2O2/c1-13(12(14)17)6-7-15(9-13)11-5-3-2-4-10(11)8-16/h2-5,16H,6-9H2,1H3,(H2,14,17). The van der Waals surface area contributed by atoms with E-state index in [1.807, 2.05) is 31.2 Å². The minimum Gasteiger partial charge on any atom is -0.392 e. The molecule has 0 saturated carbocycles. The number of benzene rings is 1. The van der Waals surface area contributed by atoms with E-state index in [0.717, 1.165) is 24.2 Å². The molecule has 1 aliphatic rings. The highest BCUT2D eigenvalue weighted by molar-refractivity contribution is 5.82. The third-order valence-electron chi connectivity index (χ3n) is 3.57. The van der Waals surface area contributed by atoms with Gasteiger partial charge in [-0.05, 0) is 19.4 Å². The number of aliphatic hydroxyl groups excluding tert-OH is 1. The van der Waals surface area contributed by atoms with Crippen molar-refractivity contribution in [1.29, 1.82) is 0 Å². The van der Waals surface area contributed by atoms with Gasteiger partial charge in [-0.15, -0.1) is 0 Å². The van der Waals surface area contributed by atoms with Crippen LogP contribution in [0.3, 0.4) is 0 Å². The lowest BCUT2D eigenvalue weighted by molar-refractivity contribution is -0.125. The zero-order valence-corrected chi connectivity index (χ0v) is 10.0. The number of rotatable bonds is 3. The van der Waals surface area contributed by atoms with Crippen LogP contribution >= 0.6 is 0 Å². The lowest BCUT2D eigenvalue weighted by atomic mass is 9.89. The summed E-state index contributed by atoms with van der Waals surface area (Å²) in [5.41, 5.74) is 6.86. The topological polar surface area (TPSA) is 66.6 Å². The molecular weight excluding hydrogens is 216 g/mol. The predicted octanol–water partition coefficient (Wildman–Crippen LogP) is 0.881. The van der Waals surface area contributed by atoms with E-state index in [1.54, 1.807) is 0 Å². The molecule has 92 valence electrons. The van der Waals surface area contributed by atoms with Crippen molar-refractivity contribution in [2.24, 2.45) is 11.1 Å². The van der Waals surface area contributed by atoms with E-state index in [1.165, 1.54) is 0 Å². The van der Waals surface area contributed by atoms with E-state index in [9.17, 15) is 9.90 Å². The van der Waals surface area contributed by atoms with Crippen LogP contribution in [0.1, 0.15) is 18.9 Å². The Labute approximate surface area is 101 Å². The number of carbonyl (C=O) groups excluding carboxylic acids is 1. The molecule has 2 rings (SSSR count). The molecule has 1 unspecified atom stereocenters. The average Bonchev–Trinajstić information content (AvgIpc) is 2.73. The summed E-state index contributed by atoms with van der Waals surface area (Å²) in [5.74, 6) is -0.249. The molecule has 1 fully saturated rings. The number of nitrogens with two attached hydrogens (primary N) is 1. The Kier molecular flexibility index (Phi) is 3.07. The van der Waals surface area contributed by atoms with Crippen molar-refractivity contribution in [2.75, 3.05) is 18.0 Å². The monoisotopic (exact) mass is 234 g/mol. The molecule has 0 bridgehead atoms. The highest BCUT2D eigenvalue weighted by Crippen LogP contribution is 2.34. The van der Waals surface area contributed by atoms with Gasteiger partial charge in [-0.25, -0.2) is 0 Å². The molecule has 0 spiro atoms. The van der Waals surface area contributed by atoms with Gasteiger partial charge in [0, 0.05) is 24.3 Å². The van der Waals surface area contributed by atoms with Crippen LogP contribution in [0.5, 0.6) is 0 Å². The van der Waals surface area contributed by atoms with Gasteiger partial charge in [0.05, 0.1) is 12.0 Å². The Balaban J connectivity index is 2.23. The Morgan fingerprint density at radius 2 is 2.24 bits per heavy atom. The molecule has 4 nitrogen and oxygen atoms in total. The lowest BCUT2D eigenvalue weighted by Gasteiger charge is -2.24. The maximum atomic E-state index is 11.4. The van der Waals surface area contributed by atoms with Crippen LogP contribution in [0.2, 0.25) is 0 Å². The van der Waals surface area contributed by atoms with Crippen LogP contribution in [0.15, 0.2) is 24.3 Å². The smallest absolute Gasteiger partial charge is 0.225 e. The van der Waals surface area contributed by atoms with E-state index < -0.39 is 5.41 Å². The lowest BCUT2D eigenvalue weighted by Crippen LogP contribution is -2.37. The van der Waals surface area contributed by atoms with Crippen molar-refractivity contribution in [3.8, 4) is 0 Å². The third kappa shape index (κ3) is 2.13. The second-order valence-corrected chi connectivity index (χ2v) is 4.88. The predicted molar refractivity (Wildman–Crippen MR) is 66.5 cm³/mol. The fourth-order valence-electron chi connectivity index (χ4n) is 2.32. The molecule has 1 aliphatic heterocycles. The number of amides is 1. The van der Waals surface area contributed by atoms with Crippen LogP contribution in [-0.2, 0) is 11.4 Å². The SMILES string of the molecule is CC1(C(N)=O)CCN(c2ccccc2CO)C1. The molecule has 1 amide bonds. The average molecular weight is 234 g/mol. The molecule has 4 heteroatoms. The first-order valence-electron chi connectivity index (χ1n) is 5.80. The van der Waals surface area contributed by atoms with Crippen LogP contribution in [0.4, 0.5) is 5.69 Å². The fourth-order valence-corrected chi connectivity index (χ4v) is 2.32. The summed E-state index contributed by atoms with van der Waals surface area (Å²) in [6, 6.07) is 7.71. The van der Waals surface area contributed by atoms with Gasteiger partial charge in [0.25, 0.3) is 0 Å². The quantitative estimate of drug-likeness (QED) is 0.816. The van der Waals surface area contributed by atoms with Crippen LogP contribution in [0.25, 0.3) is 0 Å². The Morgan fingerprint density at radius 1 is 1.53 bits per heavy atom. The Hall–Kier alpha value is -1.55. The maximum Gasteiger partial charge on any atom is 0.225 e. The second-order valence-electron chi connectivity index (χ2n) is 4.88. The van der Waals surface area contributed by atoms with Gasteiger partial charge in [0.15, 0.2) is 0 Å². The number of aliphatic hydroxyl groups is 1. The highest BCUT2D eigenvalue weighted by atomic mass is 16.3. The van der Waals surface area contributed by atoms with Gasteiger partial charge in [0.2, 0.25) is 5.91 Å². The Bertz CT molecular complexity index is 433. The van der Waals surface area contributed by atoms with E-state index in [2.05, 4.69) is 4.90 Å². The number of hydrogen-bond acceptors (Lipinski definition) is 3. The number of hydrogen-bond donors (Lipinski definition) is 2. The van der Waals surface area contributed by atoms with E-state index in [4.69, 9.17) is 5.73 Å². The van der Waals surface area contributed by atoms with Crippen molar-refractivity contribution in [1.82, 2.24) is 0 Å². The molecule has 0 aliphatic carbocycles. The number of anilines is 1. The Morgan fingerprint density at radius 3 is 2.82 bits per heavy atom. The van der Waals surface area contributed by atoms with E-state index in [-0.39, 0.29) is 12.5 Å². The first kappa shape index (κ1) is 11.9. The molecule has 1 heterocycles. The van der Waals surface area contributed by atoms with Crippen molar-refractivity contribution >= 4 is 11.6 Å². The highest BCUT2D eigenvalue weighted by Gasteiger charge is 2.39. The number of nitrogens with zero attached hydrogens (tertiary/aromatic N) is 1. The van der Waals surface area contributed by atoms with Crippen molar-refractivity contribution < 1.29 is 9.90 Å². The van der Waals surface area contributed by atoms with Crippen LogP contribution in [-0.4, -0.2) is 24.1 Å². The van der Waals surface area contributed by atoms with Crippen LogP contribution in [0, 0.1) is 5.41 Å². The van der Waals surface area contributed by atoms with Crippen molar-refractivity contribution in [3.63, 3.8) is 0 Å². The summed E-state index contributed by atoms with van der Waals surface area (Å²) in [6.07, 6.45) is 0.766. The summed E-state index contributed by atoms with van der Waals surface area (Å²) in [7, 11) is 0. The maximum absolute atomic E-state index is 11.4. The molecule has 17 heavy (non-hydrogen) atoms. The summed E-state index contributed by atoms with van der Waals surface area (Å²) < 4.78 is 0. The summed E-state index contributed by atoms with van der Waals surface area (Å²) >= 11 is 0. The van der Waals surface area contributed by atoms with Gasteiger partial charge < -0.3 is 15.7 Å². The van der Waals surface area contributed by atoms with Gasteiger partial charge >= 0.3 is 0 Å². The molecule has 0 aromatic heterocycles. The molecule has 0 radical (unpaired) electrons. The molecule has 1 aromatic carbocycles. The number of carbonyl (C=O) groups is 1. The van der Waals surface area contributed by atoms with E-state index in [0.29, 0.717) is 6.54 Å². The number of para-hydroxylation sites is 1. The fraction of sp³-hybridized carbons (Fsp3) is 0.462. The molecule has 1 aromatic rings. The third-order valence-corrected chi connectivity index (χ3v) is 3.57. The van der Waals surface area contributed by atoms with Gasteiger partial charge in [-0.3, -0.25) is 4.79 Å². The largest absolute Gasteiger partial charge is 0.392 e. The first-order valence-corrected chi connectivity index (χ1v) is 5.80. The van der Waals surface area contributed by atoms with Crippen molar-refractivity contribution in [3.05, 3.63) is 29.8 Å².